The highest BCUT2D eigenvalue weighted by Gasteiger charge is 2.29. The highest BCUT2D eigenvalue weighted by Crippen LogP contribution is 2.20. The summed E-state index contributed by atoms with van der Waals surface area (Å²) in [6.07, 6.45) is 1.07. The van der Waals surface area contributed by atoms with Crippen molar-refractivity contribution in [1.29, 1.82) is 0 Å². The largest absolute Gasteiger partial charge is 0.352 e. The molecule has 1 amide bonds. The summed E-state index contributed by atoms with van der Waals surface area (Å²) >= 11 is 0. The second-order valence-corrected chi connectivity index (χ2v) is 8.13. The molecule has 23 heavy (non-hydrogen) atoms. The number of rotatable bonds is 5. The van der Waals surface area contributed by atoms with Crippen molar-refractivity contribution in [2.75, 3.05) is 18.8 Å². The van der Waals surface area contributed by atoms with Gasteiger partial charge in [-0.3, -0.25) is 4.79 Å². The number of carbonyl (C=O) groups is 1. The lowest BCUT2D eigenvalue weighted by Crippen LogP contribution is -2.43. The van der Waals surface area contributed by atoms with E-state index in [2.05, 4.69) is 5.32 Å². The van der Waals surface area contributed by atoms with E-state index in [0.717, 1.165) is 5.56 Å². The fourth-order valence-electron chi connectivity index (χ4n) is 2.73. The molecule has 0 bridgehead atoms. The van der Waals surface area contributed by atoms with E-state index in [1.165, 1.54) is 10.4 Å². The van der Waals surface area contributed by atoms with E-state index < -0.39 is 10.0 Å². The predicted octanol–water partition coefficient (Wildman–Crippen LogP) is 1.81. The molecule has 1 aromatic rings. The summed E-state index contributed by atoms with van der Waals surface area (Å²) in [5.74, 6) is -0.404. The van der Waals surface area contributed by atoms with Crippen LogP contribution in [0.3, 0.4) is 0 Å². The molecule has 1 saturated heterocycles. The number of piperidine rings is 1. The normalized spacial score (nSPS) is 17.2. The van der Waals surface area contributed by atoms with Crippen molar-refractivity contribution in [2.24, 2.45) is 5.92 Å². The van der Waals surface area contributed by atoms with Crippen LogP contribution in [0.4, 0.5) is 4.39 Å². The number of carbonyl (C=O) groups excluding carboxylic acids is 1. The zero-order valence-corrected chi connectivity index (χ0v) is 14.3. The number of nitrogens with zero attached hydrogens (tertiary/aromatic N) is 1. The Morgan fingerprint density at radius 3 is 2.57 bits per heavy atom. The van der Waals surface area contributed by atoms with E-state index in [4.69, 9.17) is 0 Å². The zero-order valence-electron chi connectivity index (χ0n) is 13.5. The van der Waals surface area contributed by atoms with Crippen LogP contribution in [0.5, 0.6) is 0 Å². The molecule has 0 aliphatic carbocycles. The first-order chi connectivity index (χ1) is 10.8. The van der Waals surface area contributed by atoms with Crippen molar-refractivity contribution >= 4 is 15.9 Å². The van der Waals surface area contributed by atoms with Gasteiger partial charge in [-0.1, -0.05) is 12.1 Å². The van der Waals surface area contributed by atoms with Gasteiger partial charge < -0.3 is 5.32 Å². The molecule has 1 aliphatic heterocycles. The summed E-state index contributed by atoms with van der Waals surface area (Å²) in [6, 6.07) is 4.76. The van der Waals surface area contributed by atoms with Crippen molar-refractivity contribution in [3.8, 4) is 0 Å². The number of nitrogens with one attached hydrogen (secondary N) is 1. The van der Waals surface area contributed by atoms with Crippen LogP contribution in [0.1, 0.15) is 30.9 Å². The van der Waals surface area contributed by atoms with Crippen molar-refractivity contribution < 1.29 is 17.6 Å². The van der Waals surface area contributed by atoms with E-state index in [9.17, 15) is 17.6 Å². The molecule has 5 nitrogen and oxygen atoms in total. The van der Waals surface area contributed by atoms with Gasteiger partial charge >= 0.3 is 0 Å². The molecule has 0 aromatic heterocycles. The zero-order chi connectivity index (χ0) is 17.0. The Morgan fingerprint density at radius 1 is 1.35 bits per heavy atom. The van der Waals surface area contributed by atoms with Gasteiger partial charge in [0.25, 0.3) is 0 Å². The fraction of sp³-hybridized carbons (Fsp3) is 0.562. The van der Waals surface area contributed by atoms with E-state index in [1.54, 1.807) is 26.0 Å². The summed E-state index contributed by atoms with van der Waals surface area (Å²) in [7, 11) is -3.17. The number of halogens is 1. The molecule has 0 unspecified atom stereocenters. The molecular formula is C16H23FN2O3S. The van der Waals surface area contributed by atoms with Gasteiger partial charge in [0.15, 0.2) is 0 Å². The number of benzene rings is 1. The summed E-state index contributed by atoms with van der Waals surface area (Å²) in [5.41, 5.74) is 1.40. The number of aryl methyl sites for hydroxylation is 1. The summed E-state index contributed by atoms with van der Waals surface area (Å²) in [5, 5.41) is 2.85. The van der Waals surface area contributed by atoms with Crippen LogP contribution in [0.15, 0.2) is 18.2 Å². The van der Waals surface area contributed by atoms with Crippen LogP contribution in [-0.2, 0) is 21.4 Å². The maximum atomic E-state index is 13.2. The SMILES string of the molecule is CCS(=O)(=O)N1CCC(C(=O)NCc2ccc(F)c(C)c2)CC1. The van der Waals surface area contributed by atoms with Crippen LogP contribution in [-0.4, -0.2) is 37.5 Å². The van der Waals surface area contributed by atoms with Gasteiger partial charge in [-0.05, 0) is 43.9 Å². The molecule has 1 aliphatic rings. The first kappa shape index (κ1) is 17.9. The average Bonchev–Trinajstić information content (AvgIpc) is 2.55. The van der Waals surface area contributed by atoms with Gasteiger partial charge in [0.2, 0.25) is 15.9 Å². The van der Waals surface area contributed by atoms with Gasteiger partial charge in [-0.25, -0.2) is 17.1 Å². The van der Waals surface area contributed by atoms with Gasteiger partial charge in [0, 0.05) is 25.6 Å². The Labute approximate surface area is 136 Å². The Bertz CT molecular complexity index is 668. The molecule has 0 saturated carbocycles. The van der Waals surface area contributed by atoms with E-state index in [-0.39, 0.29) is 23.4 Å². The molecule has 1 fully saturated rings. The van der Waals surface area contributed by atoms with Gasteiger partial charge in [0.1, 0.15) is 5.82 Å². The second kappa shape index (κ2) is 7.40. The molecular weight excluding hydrogens is 319 g/mol. The Balaban J connectivity index is 1.84. The predicted molar refractivity (Wildman–Crippen MR) is 86.7 cm³/mol. The topological polar surface area (TPSA) is 66.5 Å². The Hall–Kier alpha value is -1.47. The van der Waals surface area contributed by atoms with Crippen LogP contribution in [0.25, 0.3) is 0 Å². The summed E-state index contributed by atoms with van der Waals surface area (Å²) in [4.78, 5) is 12.2. The second-order valence-electron chi connectivity index (χ2n) is 5.88. The van der Waals surface area contributed by atoms with Crippen molar-refractivity contribution in [3.05, 3.63) is 35.1 Å². The molecule has 128 valence electrons. The minimum Gasteiger partial charge on any atom is -0.352 e. The lowest BCUT2D eigenvalue weighted by molar-refractivity contribution is -0.126. The Kier molecular flexibility index (Phi) is 5.75. The van der Waals surface area contributed by atoms with Gasteiger partial charge in [-0.2, -0.15) is 0 Å². The van der Waals surface area contributed by atoms with Gasteiger partial charge in [-0.15, -0.1) is 0 Å². The van der Waals surface area contributed by atoms with Crippen LogP contribution >= 0.6 is 0 Å². The van der Waals surface area contributed by atoms with Crippen molar-refractivity contribution in [3.63, 3.8) is 0 Å². The van der Waals surface area contributed by atoms with Crippen LogP contribution < -0.4 is 5.32 Å². The molecule has 1 heterocycles. The first-order valence-corrected chi connectivity index (χ1v) is 9.45. The van der Waals surface area contributed by atoms with E-state index in [0.29, 0.717) is 38.0 Å². The number of sulfonamides is 1. The Morgan fingerprint density at radius 2 is 2.00 bits per heavy atom. The average molecular weight is 342 g/mol. The quantitative estimate of drug-likeness (QED) is 0.887. The van der Waals surface area contributed by atoms with Gasteiger partial charge in [0.05, 0.1) is 5.75 Å². The van der Waals surface area contributed by atoms with Crippen molar-refractivity contribution in [2.45, 2.75) is 33.2 Å². The minimum atomic E-state index is -3.17. The monoisotopic (exact) mass is 342 g/mol. The van der Waals surface area contributed by atoms with E-state index in [1.807, 2.05) is 0 Å². The van der Waals surface area contributed by atoms with E-state index >= 15 is 0 Å². The maximum Gasteiger partial charge on any atom is 0.223 e. The maximum absolute atomic E-state index is 13.2. The molecule has 0 atom stereocenters. The highest BCUT2D eigenvalue weighted by atomic mass is 32.2. The molecule has 0 radical (unpaired) electrons. The summed E-state index contributed by atoms with van der Waals surface area (Å²) in [6.45, 7) is 4.45. The summed E-state index contributed by atoms with van der Waals surface area (Å²) < 4.78 is 38.3. The lowest BCUT2D eigenvalue weighted by atomic mass is 9.97. The number of hydrogen-bond acceptors (Lipinski definition) is 3. The molecule has 1 N–H and O–H groups in total. The molecule has 1 aromatic carbocycles. The first-order valence-electron chi connectivity index (χ1n) is 7.84. The molecule has 7 heteroatoms. The molecule has 2 rings (SSSR count). The fourth-order valence-corrected chi connectivity index (χ4v) is 3.86. The third-order valence-electron chi connectivity index (χ3n) is 4.27. The molecule has 0 spiro atoms. The number of amides is 1. The van der Waals surface area contributed by atoms with Crippen molar-refractivity contribution in [1.82, 2.24) is 9.62 Å². The lowest BCUT2D eigenvalue weighted by Gasteiger charge is -2.30. The minimum absolute atomic E-state index is 0.0690. The van der Waals surface area contributed by atoms with Crippen LogP contribution in [0.2, 0.25) is 0 Å². The highest BCUT2D eigenvalue weighted by molar-refractivity contribution is 7.89. The smallest absolute Gasteiger partial charge is 0.223 e. The standard InChI is InChI=1S/C16H23FN2O3S/c1-3-23(21,22)19-8-6-14(7-9-19)16(20)18-11-13-4-5-15(17)12(2)10-13/h4-5,10,14H,3,6-9,11H2,1-2H3,(H,18,20). The van der Waals surface area contributed by atoms with Crippen LogP contribution in [0, 0.1) is 18.7 Å². The third-order valence-corrected chi connectivity index (χ3v) is 6.15. The third kappa shape index (κ3) is 4.51. The number of hydrogen-bond donors (Lipinski definition) is 1.